The summed E-state index contributed by atoms with van der Waals surface area (Å²) in [7, 11) is 0. The largest absolute Gasteiger partial charge is 0.478 e. The molecule has 1 amide bonds. The van der Waals surface area contributed by atoms with Crippen molar-refractivity contribution in [3.63, 3.8) is 0 Å². The first kappa shape index (κ1) is 20.1. The molecular formula is C22H17FN4O4. The average molecular weight is 420 g/mol. The molecule has 0 unspecified atom stereocenters. The van der Waals surface area contributed by atoms with Crippen LogP contribution in [0.3, 0.4) is 0 Å². The maximum absolute atomic E-state index is 14.4. The summed E-state index contributed by atoms with van der Waals surface area (Å²) in [5.74, 6) is -2.78. The molecule has 9 heteroatoms. The monoisotopic (exact) mass is 420 g/mol. The summed E-state index contributed by atoms with van der Waals surface area (Å²) in [4.78, 5) is 32.7. The highest BCUT2D eigenvalue weighted by Crippen LogP contribution is 2.31. The highest BCUT2D eigenvalue weighted by Gasteiger charge is 2.23. The number of pyridine rings is 2. The van der Waals surface area contributed by atoms with Crippen LogP contribution in [0.1, 0.15) is 46.2 Å². The average Bonchev–Trinajstić information content (AvgIpc) is 3.19. The molecule has 3 aromatic heterocycles. The molecule has 3 heterocycles. The molecule has 1 aromatic carbocycles. The Labute approximate surface area is 175 Å². The highest BCUT2D eigenvalue weighted by atomic mass is 19.1. The van der Waals surface area contributed by atoms with Gasteiger partial charge in [-0.3, -0.25) is 9.78 Å². The van der Waals surface area contributed by atoms with Crippen molar-refractivity contribution in [3.05, 3.63) is 71.4 Å². The number of anilines is 1. The summed E-state index contributed by atoms with van der Waals surface area (Å²) in [6.07, 6.45) is 3.21. The van der Waals surface area contributed by atoms with E-state index in [2.05, 4.69) is 20.4 Å². The molecule has 4 aromatic rings. The fourth-order valence-corrected chi connectivity index (χ4v) is 3.15. The number of fused-ring (bicyclic) bond motifs is 1. The maximum Gasteiger partial charge on any atom is 0.335 e. The molecule has 2 N–H and O–H groups in total. The molecule has 0 spiro atoms. The van der Waals surface area contributed by atoms with E-state index < -0.39 is 17.7 Å². The van der Waals surface area contributed by atoms with E-state index in [0.717, 1.165) is 6.07 Å². The van der Waals surface area contributed by atoms with Crippen LogP contribution in [0.2, 0.25) is 0 Å². The smallest absolute Gasteiger partial charge is 0.335 e. The van der Waals surface area contributed by atoms with E-state index in [1.807, 2.05) is 13.8 Å². The number of hydrogen-bond donors (Lipinski definition) is 2. The molecule has 0 saturated heterocycles. The molecule has 156 valence electrons. The lowest BCUT2D eigenvalue weighted by Crippen LogP contribution is -2.15. The zero-order valence-electron chi connectivity index (χ0n) is 16.6. The minimum Gasteiger partial charge on any atom is -0.478 e. The van der Waals surface area contributed by atoms with Crippen molar-refractivity contribution in [2.45, 2.75) is 19.8 Å². The SMILES string of the molecule is CC(C)c1noc2nc(-c3cccnc3)cc(C(=O)Nc3ccc(C(=O)O)cc3F)c12. The summed E-state index contributed by atoms with van der Waals surface area (Å²) >= 11 is 0. The molecule has 4 rings (SSSR count). The number of aromatic carboxylic acids is 1. The van der Waals surface area contributed by atoms with Gasteiger partial charge in [0.2, 0.25) is 0 Å². The van der Waals surface area contributed by atoms with Crippen LogP contribution in [0, 0.1) is 5.82 Å². The third-order valence-corrected chi connectivity index (χ3v) is 4.69. The Morgan fingerprint density at radius 3 is 2.65 bits per heavy atom. The Morgan fingerprint density at radius 2 is 2.00 bits per heavy atom. The van der Waals surface area contributed by atoms with Gasteiger partial charge in [-0.2, -0.15) is 0 Å². The van der Waals surface area contributed by atoms with Crippen molar-refractivity contribution >= 4 is 28.7 Å². The number of benzene rings is 1. The van der Waals surface area contributed by atoms with E-state index in [1.165, 1.54) is 12.1 Å². The number of carbonyl (C=O) groups is 2. The van der Waals surface area contributed by atoms with E-state index >= 15 is 0 Å². The molecule has 0 bridgehead atoms. The third-order valence-electron chi connectivity index (χ3n) is 4.69. The number of hydrogen-bond acceptors (Lipinski definition) is 6. The molecule has 0 fully saturated rings. The summed E-state index contributed by atoms with van der Waals surface area (Å²) in [6, 6.07) is 8.35. The summed E-state index contributed by atoms with van der Waals surface area (Å²) in [5, 5.41) is 16.0. The minimum absolute atomic E-state index is 0.0505. The first-order valence-electron chi connectivity index (χ1n) is 9.40. The minimum atomic E-state index is -1.26. The standard InChI is InChI=1S/C22H17FN4O4/c1-11(2)19-18-14(20(28)25-16-6-5-12(22(29)30)8-15(16)23)9-17(26-21(18)31-27-19)13-4-3-7-24-10-13/h3-11H,1-2H3,(H,25,28)(H,29,30). The second-order valence-corrected chi connectivity index (χ2v) is 7.15. The summed E-state index contributed by atoms with van der Waals surface area (Å²) in [5.41, 5.74) is 1.67. The number of carboxylic acid groups (broad SMARTS) is 1. The number of nitrogens with one attached hydrogen (secondary N) is 1. The van der Waals surface area contributed by atoms with Gasteiger partial charge in [-0.05, 0) is 42.3 Å². The predicted octanol–water partition coefficient (Wildman–Crippen LogP) is 4.50. The van der Waals surface area contributed by atoms with Crippen molar-refractivity contribution < 1.29 is 23.6 Å². The Kier molecular flexibility index (Phi) is 5.16. The number of aromatic nitrogens is 3. The number of carboxylic acids is 1. The van der Waals surface area contributed by atoms with Gasteiger partial charge in [-0.15, -0.1) is 0 Å². The second-order valence-electron chi connectivity index (χ2n) is 7.15. The topological polar surface area (TPSA) is 118 Å². The van der Waals surface area contributed by atoms with E-state index in [-0.39, 0.29) is 28.4 Å². The van der Waals surface area contributed by atoms with Gasteiger partial charge in [0.05, 0.1) is 33.6 Å². The highest BCUT2D eigenvalue weighted by molar-refractivity contribution is 6.13. The number of carbonyl (C=O) groups excluding carboxylic acids is 1. The van der Waals surface area contributed by atoms with Crippen LogP contribution in [-0.2, 0) is 0 Å². The summed E-state index contributed by atoms with van der Waals surface area (Å²) in [6.45, 7) is 3.80. The normalized spacial score (nSPS) is 11.1. The Balaban J connectivity index is 1.82. The van der Waals surface area contributed by atoms with Crippen molar-refractivity contribution in [1.29, 1.82) is 0 Å². The lowest BCUT2D eigenvalue weighted by molar-refractivity contribution is 0.0696. The van der Waals surface area contributed by atoms with Gasteiger partial charge in [0, 0.05) is 18.0 Å². The zero-order valence-corrected chi connectivity index (χ0v) is 16.6. The van der Waals surface area contributed by atoms with E-state index in [9.17, 15) is 14.0 Å². The van der Waals surface area contributed by atoms with Crippen LogP contribution < -0.4 is 5.32 Å². The Bertz CT molecular complexity index is 1300. The molecule has 0 aliphatic heterocycles. The van der Waals surface area contributed by atoms with E-state index in [4.69, 9.17) is 9.63 Å². The van der Waals surface area contributed by atoms with Crippen LogP contribution in [0.4, 0.5) is 10.1 Å². The first-order valence-corrected chi connectivity index (χ1v) is 9.40. The van der Waals surface area contributed by atoms with Crippen LogP contribution in [-0.4, -0.2) is 32.1 Å². The molecule has 8 nitrogen and oxygen atoms in total. The van der Waals surface area contributed by atoms with Crippen molar-refractivity contribution in [2.75, 3.05) is 5.32 Å². The number of nitrogens with zero attached hydrogens (tertiary/aromatic N) is 3. The number of amides is 1. The molecule has 0 atom stereocenters. The fourth-order valence-electron chi connectivity index (χ4n) is 3.15. The van der Waals surface area contributed by atoms with Gasteiger partial charge in [-0.25, -0.2) is 14.2 Å². The van der Waals surface area contributed by atoms with Gasteiger partial charge in [0.1, 0.15) is 5.82 Å². The third kappa shape index (κ3) is 3.85. The molecule has 0 aliphatic rings. The Hall–Kier alpha value is -4.14. The molecule has 0 saturated carbocycles. The number of rotatable bonds is 5. The van der Waals surface area contributed by atoms with Crippen LogP contribution in [0.5, 0.6) is 0 Å². The van der Waals surface area contributed by atoms with Gasteiger partial charge in [-0.1, -0.05) is 19.0 Å². The van der Waals surface area contributed by atoms with Crippen molar-refractivity contribution in [2.24, 2.45) is 0 Å². The predicted molar refractivity (Wildman–Crippen MR) is 110 cm³/mol. The van der Waals surface area contributed by atoms with Crippen LogP contribution >= 0.6 is 0 Å². The quantitative estimate of drug-likeness (QED) is 0.488. The lowest BCUT2D eigenvalue weighted by atomic mass is 10.0. The zero-order chi connectivity index (χ0) is 22.1. The van der Waals surface area contributed by atoms with Gasteiger partial charge < -0.3 is 14.9 Å². The fraction of sp³-hybridized carbons (Fsp3) is 0.136. The molecule has 0 radical (unpaired) electrons. The van der Waals surface area contributed by atoms with Gasteiger partial charge in [0.25, 0.3) is 11.6 Å². The van der Waals surface area contributed by atoms with E-state index in [0.29, 0.717) is 22.3 Å². The van der Waals surface area contributed by atoms with Crippen molar-refractivity contribution in [1.82, 2.24) is 15.1 Å². The second kappa shape index (κ2) is 7.94. The van der Waals surface area contributed by atoms with Gasteiger partial charge in [0.15, 0.2) is 0 Å². The lowest BCUT2D eigenvalue weighted by Gasteiger charge is -2.10. The first-order chi connectivity index (χ1) is 14.8. The van der Waals surface area contributed by atoms with E-state index in [1.54, 1.807) is 30.6 Å². The van der Waals surface area contributed by atoms with Gasteiger partial charge >= 0.3 is 5.97 Å². The summed E-state index contributed by atoms with van der Waals surface area (Å²) < 4.78 is 19.7. The van der Waals surface area contributed by atoms with Crippen molar-refractivity contribution in [3.8, 4) is 11.3 Å². The molecule has 0 aliphatic carbocycles. The Morgan fingerprint density at radius 1 is 1.19 bits per heavy atom. The number of halogens is 1. The molecular weight excluding hydrogens is 403 g/mol. The molecule has 31 heavy (non-hydrogen) atoms. The van der Waals surface area contributed by atoms with Crippen LogP contribution in [0.15, 0.2) is 53.3 Å². The maximum atomic E-state index is 14.4. The van der Waals surface area contributed by atoms with Crippen LogP contribution in [0.25, 0.3) is 22.4 Å².